The third-order valence-electron chi connectivity index (χ3n) is 1.22. The Bertz CT molecular complexity index is 296. The Morgan fingerprint density at radius 2 is 2.36 bits per heavy atom. The van der Waals surface area contributed by atoms with Gasteiger partial charge in [-0.25, -0.2) is 8.78 Å². The molecule has 4 heteroatoms. The average Bonchev–Trinajstić information content (AvgIpc) is 2.30. The van der Waals surface area contributed by atoms with E-state index < -0.39 is 6.43 Å². The van der Waals surface area contributed by atoms with Crippen molar-refractivity contribution in [2.75, 3.05) is 0 Å². The predicted octanol–water partition coefficient (Wildman–Crippen LogP) is 1.34. The summed E-state index contributed by atoms with van der Waals surface area (Å²) >= 11 is 0. The van der Waals surface area contributed by atoms with Gasteiger partial charge in [0.2, 0.25) is 0 Å². The van der Waals surface area contributed by atoms with E-state index in [4.69, 9.17) is 6.42 Å². The van der Waals surface area contributed by atoms with Gasteiger partial charge in [-0.15, -0.1) is 6.42 Å². The van der Waals surface area contributed by atoms with Crippen molar-refractivity contribution in [3.05, 3.63) is 17.5 Å². The van der Waals surface area contributed by atoms with E-state index in [0.717, 1.165) is 0 Å². The molecule has 2 nitrogen and oxygen atoms in total. The topological polar surface area (TPSA) is 17.8 Å². The fourth-order valence-electron chi connectivity index (χ4n) is 0.778. The summed E-state index contributed by atoms with van der Waals surface area (Å²) < 4.78 is 25.4. The van der Waals surface area contributed by atoms with Crippen LogP contribution in [0.2, 0.25) is 0 Å². The van der Waals surface area contributed by atoms with Crippen LogP contribution in [0.25, 0.3) is 0 Å². The minimum absolute atomic E-state index is 0.155. The second kappa shape index (κ2) is 2.70. The first-order valence-electron chi connectivity index (χ1n) is 2.93. The number of terminal acetylenes is 1. The van der Waals surface area contributed by atoms with E-state index in [1.807, 2.05) is 0 Å². The Morgan fingerprint density at radius 3 is 2.73 bits per heavy atom. The SMILES string of the molecule is C#Cc1cn(C)nc1C(F)F. The van der Waals surface area contributed by atoms with Gasteiger partial charge in [-0.3, -0.25) is 4.68 Å². The molecule has 0 amide bonds. The number of rotatable bonds is 1. The van der Waals surface area contributed by atoms with Crippen molar-refractivity contribution >= 4 is 0 Å². The molecule has 0 aliphatic heterocycles. The zero-order valence-corrected chi connectivity index (χ0v) is 5.88. The van der Waals surface area contributed by atoms with E-state index in [1.165, 1.54) is 10.9 Å². The quantitative estimate of drug-likeness (QED) is 0.561. The number of aryl methyl sites for hydroxylation is 1. The van der Waals surface area contributed by atoms with Gasteiger partial charge in [0.1, 0.15) is 5.69 Å². The number of alkyl halides is 2. The smallest absolute Gasteiger partial charge is 0.274 e. The molecule has 1 aromatic rings. The molecule has 0 N–H and O–H groups in total. The molecule has 0 fully saturated rings. The van der Waals surface area contributed by atoms with E-state index >= 15 is 0 Å². The molecule has 11 heavy (non-hydrogen) atoms. The van der Waals surface area contributed by atoms with Crippen LogP contribution in [0.15, 0.2) is 6.20 Å². The summed E-state index contributed by atoms with van der Waals surface area (Å²) in [5.41, 5.74) is -0.169. The molecular formula is C7H6F2N2. The van der Waals surface area contributed by atoms with Crippen molar-refractivity contribution in [2.45, 2.75) is 6.43 Å². The summed E-state index contributed by atoms with van der Waals surface area (Å²) in [7, 11) is 1.55. The van der Waals surface area contributed by atoms with Crippen LogP contribution in [0.4, 0.5) is 8.78 Å². The molecule has 1 heterocycles. The van der Waals surface area contributed by atoms with Gasteiger partial charge >= 0.3 is 0 Å². The molecular weight excluding hydrogens is 150 g/mol. The molecule has 0 aliphatic rings. The van der Waals surface area contributed by atoms with Crippen LogP contribution in [0.1, 0.15) is 17.7 Å². The van der Waals surface area contributed by atoms with Crippen LogP contribution < -0.4 is 0 Å². The third-order valence-corrected chi connectivity index (χ3v) is 1.22. The molecule has 0 saturated carbocycles. The molecule has 0 atom stereocenters. The van der Waals surface area contributed by atoms with Crippen molar-refractivity contribution in [1.82, 2.24) is 9.78 Å². The number of halogens is 2. The van der Waals surface area contributed by atoms with Gasteiger partial charge in [0.15, 0.2) is 0 Å². The zero-order valence-electron chi connectivity index (χ0n) is 5.88. The molecule has 0 bridgehead atoms. The lowest BCUT2D eigenvalue weighted by atomic mass is 10.3. The van der Waals surface area contributed by atoms with Crippen LogP contribution in [-0.4, -0.2) is 9.78 Å². The van der Waals surface area contributed by atoms with Gasteiger partial charge in [-0.1, -0.05) is 5.92 Å². The van der Waals surface area contributed by atoms with Gasteiger partial charge in [0.05, 0.1) is 5.56 Å². The second-order valence-electron chi connectivity index (χ2n) is 2.05. The third kappa shape index (κ3) is 1.37. The van der Waals surface area contributed by atoms with Crippen molar-refractivity contribution in [3.8, 4) is 12.3 Å². The largest absolute Gasteiger partial charge is 0.283 e. The molecule has 0 spiro atoms. The van der Waals surface area contributed by atoms with Gasteiger partial charge in [-0.2, -0.15) is 5.10 Å². The highest BCUT2D eigenvalue weighted by atomic mass is 19.3. The van der Waals surface area contributed by atoms with Crippen molar-refractivity contribution in [2.24, 2.45) is 7.05 Å². The minimum Gasteiger partial charge on any atom is -0.274 e. The Hall–Kier alpha value is -1.37. The van der Waals surface area contributed by atoms with E-state index in [0.29, 0.717) is 0 Å². The second-order valence-corrected chi connectivity index (χ2v) is 2.05. The molecule has 0 saturated heterocycles. The van der Waals surface area contributed by atoms with Gasteiger partial charge in [0, 0.05) is 13.2 Å². The zero-order chi connectivity index (χ0) is 8.43. The van der Waals surface area contributed by atoms with E-state index in [1.54, 1.807) is 7.05 Å². The average molecular weight is 156 g/mol. The first-order chi connectivity index (χ1) is 5.15. The first-order valence-corrected chi connectivity index (χ1v) is 2.93. The predicted molar refractivity (Wildman–Crippen MR) is 36.1 cm³/mol. The first kappa shape index (κ1) is 7.73. The lowest BCUT2D eigenvalue weighted by Crippen LogP contribution is -1.91. The van der Waals surface area contributed by atoms with Gasteiger partial charge in [0.25, 0.3) is 6.43 Å². The van der Waals surface area contributed by atoms with Crippen LogP contribution in [0.3, 0.4) is 0 Å². The van der Waals surface area contributed by atoms with E-state index in [2.05, 4.69) is 11.0 Å². The van der Waals surface area contributed by atoms with Gasteiger partial charge < -0.3 is 0 Å². The number of aromatic nitrogens is 2. The standard InChI is InChI=1S/C7H6F2N2/c1-3-5-4-11(2)10-6(5)7(8)9/h1,4,7H,2H3. The Labute approximate surface area is 62.8 Å². The highest BCUT2D eigenvalue weighted by Crippen LogP contribution is 2.19. The summed E-state index contributed by atoms with van der Waals surface area (Å²) in [6, 6.07) is 0. The summed E-state index contributed by atoms with van der Waals surface area (Å²) in [4.78, 5) is 0. The normalized spacial score (nSPS) is 10.1. The Morgan fingerprint density at radius 1 is 1.73 bits per heavy atom. The molecule has 0 aromatic carbocycles. The van der Waals surface area contributed by atoms with Crippen LogP contribution in [-0.2, 0) is 7.05 Å². The van der Waals surface area contributed by atoms with Crippen LogP contribution in [0.5, 0.6) is 0 Å². The Kier molecular flexibility index (Phi) is 1.90. The molecule has 0 unspecified atom stereocenters. The van der Waals surface area contributed by atoms with Crippen molar-refractivity contribution in [3.63, 3.8) is 0 Å². The summed E-state index contributed by atoms with van der Waals surface area (Å²) in [5.74, 6) is 2.13. The Balaban J connectivity index is 3.15. The fourth-order valence-corrected chi connectivity index (χ4v) is 0.778. The number of hydrogen-bond acceptors (Lipinski definition) is 1. The molecule has 0 aliphatic carbocycles. The minimum atomic E-state index is -2.60. The highest BCUT2D eigenvalue weighted by Gasteiger charge is 2.15. The fraction of sp³-hybridized carbons (Fsp3) is 0.286. The number of nitrogens with zero attached hydrogens (tertiary/aromatic N) is 2. The molecule has 0 radical (unpaired) electrons. The van der Waals surface area contributed by atoms with E-state index in [-0.39, 0.29) is 11.3 Å². The van der Waals surface area contributed by atoms with Crippen molar-refractivity contribution in [1.29, 1.82) is 0 Å². The van der Waals surface area contributed by atoms with Crippen LogP contribution in [0, 0.1) is 12.3 Å². The maximum Gasteiger partial charge on any atom is 0.283 e. The summed E-state index contributed by atoms with van der Waals surface area (Å²) in [6.45, 7) is 0. The monoisotopic (exact) mass is 156 g/mol. The van der Waals surface area contributed by atoms with Crippen molar-refractivity contribution < 1.29 is 8.78 Å². The maximum absolute atomic E-state index is 12.1. The van der Waals surface area contributed by atoms with E-state index in [9.17, 15) is 8.78 Å². The van der Waals surface area contributed by atoms with Gasteiger partial charge in [-0.05, 0) is 0 Å². The molecule has 58 valence electrons. The lowest BCUT2D eigenvalue weighted by molar-refractivity contribution is 0.145. The maximum atomic E-state index is 12.1. The number of hydrogen-bond donors (Lipinski definition) is 0. The van der Waals surface area contributed by atoms with Crippen LogP contribution >= 0.6 is 0 Å². The summed E-state index contributed by atoms with van der Waals surface area (Å²) in [5, 5.41) is 3.51. The molecule has 1 rings (SSSR count). The highest BCUT2D eigenvalue weighted by molar-refractivity contribution is 5.34. The molecule has 1 aromatic heterocycles. The summed E-state index contributed by atoms with van der Waals surface area (Å²) in [6.07, 6.45) is 3.76. The lowest BCUT2D eigenvalue weighted by Gasteiger charge is -1.91.